The Morgan fingerprint density at radius 2 is 2.00 bits per heavy atom. The zero-order chi connectivity index (χ0) is 22.2. The predicted octanol–water partition coefficient (Wildman–Crippen LogP) is 6.73. The molecule has 2 aliphatic rings. The number of rotatable bonds is 4. The van der Waals surface area contributed by atoms with Gasteiger partial charge in [0.05, 0.1) is 10.6 Å². The quantitative estimate of drug-likeness (QED) is 0.521. The lowest BCUT2D eigenvalue weighted by molar-refractivity contribution is -0.115. The van der Waals surface area contributed by atoms with Crippen LogP contribution in [0.3, 0.4) is 0 Å². The molecule has 0 aliphatic carbocycles. The highest BCUT2D eigenvalue weighted by Gasteiger charge is 2.35. The van der Waals surface area contributed by atoms with Gasteiger partial charge in [-0.3, -0.25) is 4.79 Å². The minimum Gasteiger partial charge on any atom is -0.366 e. The van der Waals surface area contributed by atoms with E-state index in [2.05, 4.69) is 61.1 Å². The lowest BCUT2D eigenvalue weighted by Gasteiger charge is -2.47. The molecule has 1 saturated heterocycles. The minimum absolute atomic E-state index is 0.114. The van der Waals surface area contributed by atoms with Gasteiger partial charge in [0, 0.05) is 22.8 Å². The van der Waals surface area contributed by atoms with Gasteiger partial charge in [-0.1, -0.05) is 31.5 Å². The van der Waals surface area contributed by atoms with Gasteiger partial charge in [-0.05, 0) is 98.0 Å². The molecule has 162 valence electrons. The fourth-order valence-corrected chi connectivity index (χ4v) is 5.48. The molecular formula is C25H28ClN3OS. The molecule has 31 heavy (non-hydrogen) atoms. The van der Waals surface area contributed by atoms with E-state index in [9.17, 15) is 4.79 Å². The molecule has 0 radical (unpaired) electrons. The molecule has 1 fully saturated rings. The zero-order valence-electron chi connectivity index (χ0n) is 18.4. The molecule has 1 unspecified atom stereocenters. The largest absolute Gasteiger partial charge is 0.366 e. The van der Waals surface area contributed by atoms with E-state index >= 15 is 0 Å². The van der Waals surface area contributed by atoms with Crippen LogP contribution in [0.15, 0.2) is 52.4 Å². The second-order valence-corrected chi connectivity index (χ2v) is 10.3. The highest BCUT2D eigenvalue weighted by atomic mass is 35.5. The van der Waals surface area contributed by atoms with Crippen LogP contribution in [0.5, 0.6) is 0 Å². The van der Waals surface area contributed by atoms with Crippen molar-refractivity contribution in [2.24, 2.45) is 4.99 Å². The van der Waals surface area contributed by atoms with Gasteiger partial charge in [0.1, 0.15) is 0 Å². The number of carbonyl (C=O) groups is 1. The fourth-order valence-electron chi connectivity index (χ4n) is 4.51. The Balaban J connectivity index is 1.60. The molecule has 2 heterocycles. The van der Waals surface area contributed by atoms with Crippen LogP contribution in [0.4, 0.5) is 11.4 Å². The number of thioether (sulfide) groups is 1. The smallest absolute Gasteiger partial charge is 0.264 e. The van der Waals surface area contributed by atoms with Crippen LogP contribution < -0.4 is 10.2 Å². The Morgan fingerprint density at radius 3 is 2.71 bits per heavy atom. The number of nitrogens with zero attached hydrogens (tertiary/aromatic N) is 2. The molecule has 0 bridgehead atoms. The lowest BCUT2D eigenvalue weighted by Crippen LogP contribution is -2.48. The summed E-state index contributed by atoms with van der Waals surface area (Å²) in [7, 11) is 0. The lowest BCUT2D eigenvalue weighted by atomic mass is 9.79. The van der Waals surface area contributed by atoms with E-state index in [1.54, 1.807) is 12.1 Å². The summed E-state index contributed by atoms with van der Waals surface area (Å²) in [4.78, 5) is 20.2. The number of fused-ring (bicyclic) bond motifs is 1. The molecule has 1 N–H and O–H groups in total. The predicted molar refractivity (Wildman–Crippen MR) is 133 cm³/mol. The van der Waals surface area contributed by atoms with Gasteiger partial charge in [-0.2, -0.15) is 0 Å². The number of amides is 1. The van der Waals surface area contributed by atoms with Crippen molar-refractivity contribution in [3.05, 3.63) is 63.5 Å². The third-order valence-corrected chi connectivity index (χ3v) is 7.02. The standard InChI is InChI=1S/C25H28ClN3OS/c1-5-12-29-21-11-6-17(13-20(21)16(2)15-25(29,3)4)14-22-23(30)28-24(31-22)27-19-9-7-18(26)8-10-19/h6-11,13-14,16H,5,12,15H2,1-4H3,(H,27,28,30)/b22-14+. The van der Waals surface area contributed by atoms with Crippen LogP contribution >= 0.6 is 23.4 Å². The van der Waals surface area contributed by atoms with E-state index in [0.717, 1.165) is 30.6 Å². The third kappa shape index (κ3) is 4.68. The van der Waals surface area contributed by atoms with Crippen LogP contribution in [0, 0.1) is 0 Å². The molecule has 4 rings (SSSR count). The van der Waals surface area contributed by atoms with E-state index < -0.39 is 0 Å². The number of hydrogen-bond acceptors (Lipinski definition) is 4. The number of amidine groups is 1. The Hall–Kier alpha value is -2.24. The van der Waals surface area contributed by atoms with Gasteiger partial charge in [0.15, 0.2) is 5.17 Å². The van der Waals surface area contributed by atoms with Gasteiger partial charge >= 0.3 is 0 Å². The van der Waals surface area contributed by atoms with Gasteiger partial charge in [-0.15, -0.1) is 0 Å². The summed E-state index contributed by atoms with van der Waals surface area (Å²) < 4.78 is 0. The number of anilines is 1. The van der Waals surface area contributed by atoms with Crippen molar-refractivity contribution in [1.82, 2.24) is 5.32 Å². The molecule has 0 aromatic heterocycles. The average Bonchev–Trinajstić information content (AvgIpc) is 3.05. The summed E-state index contributed by atoms with van der Waals surface area (Å²) in [5.74, 6) is 0.362. The first-order valence-corrected chi connectivity index (χ1v) is 11.9. The SMILES string of the molecule is CCCN1c2ccc(/C=C3/SC(=Nc4ccc(Cl)cc4)NC3=O)cc2C(C)CC1(C)C. The zero-order valence-corrected chi connectivity index (χ0v) is 20.0. The molecule has 1 atom stereocenters. The van der Waals surface area contributed by atoms with E-state index in [1.807, 2.05) is 18.2 Å². The van der Waals surface area contributed by atoms with Crippen molar-refractivity contribution in [3.63, 3.8) is 0 Å². The van der Waals surface area contributed by atoms with Crippen molar-refractivity contribution in [2.75, 3.05) is 11.4 Å². The maximum absolute atomic E-state index is 12.5. The summed E-state index contributed by atoms with van der Waals surface area (Å²) in [6, 6.07) is 13.8. The van der Waals surface area contributed by atoms with Crippen LogP contribution in [0.2, 0.25) is 5.02 Å². The first-order chi connectivity index (χ1) is 14.8. The minimum atomic E-state index is -0.114. The molecule has 0 saturated carbocycles. The van der Waals surface area contributed by atoms with Crippen molar-refractivity contribution in [3.8, 4) is 0 Å². The Labute approximate surface area is 193 Å². The van der Waals surface area contributed by atoms with Gasteiger partial charge < -0.3 is 10.2 Å². The Kier molecular flexibility index (Phi) is 6.18. The molecule has 6 heteroatoms. The van der Waals surface area contributed by atoms with Crippen LogP contribution in [0.25, 0.3) is 6.08 Å². The topological polar surface area (TPSA) is 44.7 Å². The second kappa shape index (κ2) is 8.71. The fraction of sp³-hybridized carbons (Fsp3) is 0.360. The van der Waals surface area contributed by atoms with E-state index in [-0.39, 0.29) is 11.4 Å². The average molecular weight is 454 g/mol. The van der Waals surface area contributed by atoms with E-state index in [4.69, 9.17) is 11.6 Å². The van der Waals surface area contributed by atoms with Gasteiger partial charge in [-0.25, -0.2) is 4.99 Å². The molecule has 4 nitrogen and oxygen atoms in total. The Bertz CT molecular complexity index is 1060. The molecular weight excluding hydrogens is 426 g/mol. The molecule has 2 aromatic rings. The monoisotopic (exact) mass is 453 g/mol. The summed E-state index contributed by atoms with van der Waals surface area (Å²) in [6.07, 6.45) is 4.20. The number of benzene rings is 2. The summed E-state index contributed by atoms with van der Waals surface area (Å²) >= 11 is 7.30. The van der Waals surface area contributed by atoms with Crippen molar-refractivity contribution < 1.29 is 4.79 Å². The summed E-state index contributed by atoms with van der Waals surface area (Å²) in [5, 5.41) is 4.10. The van der Waals surface area contributed by atoms with Crippen molar-refractivity contribution >= 4 is 51.9 Å². The number of aliphatic imine (C=N–C) groups is 1. The number of carbonyl (C=O) groups excluding carboxylic acids is 1. The van der Waals surface area contributed by atoms with Crippen LogP contribution in [-0.4, -0.2) is 23.2 Å². The highest BCUT2D eigenvalue weighted by Crippen LogP contribution is 2.44. The van der Waals surface area contributed by atoms with Gasteiger partial charge in [0.2, 0.25) is 0 Å². The second-order valence-electron chi connectivity index (χ2n) is 8.85. The van der Waals surface area contributed by atoms with Crippen LogP contribution in [0.1, 0.15) is 57.6 Å². The molecule has 0 spiro atoms. The highest BCUT2D eigenvalue weighted by molar-refractivity contribution is 8.18. The maximum Gasteiger partial charge on any atom is 0.264 e. The molecule has 2 aromatic carbocycles. The summed E-state index contributed by atoms with van der Waals surface area (Å²) in [5.41, 5.74) is 4.64. The van der Waals surface area contributed by atoms with E-state index in [0.29, 0.717) is 21.0 Å². The normalized spacial score (nSPS) is 22.7. The maximum atomic E-state index is 12.5. The number of halogens is 1. The third-order valence-electron chi connectivity index (χ3n) is 5.86. The molecule has 2 aliphatic heterocycles. The first kappa shape index (κ1) is 22.0. The number of nitrogens with one attached hydrogen (secondary N) is 1. The Morgan fingerprint density at radius 1 is 1.26 bits per heavy atom. The van der Waals surface area contributed by atoms with Crippen molar-refractivity contribution in [1.29, 1.82) is 0 Å². The van der Waals surface area contributed by atoms with Crippen LogP contribution in [-0.2, 0) is 4.79 Å². The number of hydrogen-bond donors (Lipinski definition) is 1. The summed E-state index contributed by atoms with van der Waals surface area (Å²) in [6.45, 7) is 10.2. The van der Waals surface area contributed by atoms with Crippen molar-refractivity contribution in [2.45, 2.75) is 52.0 Å². The van der Waals surface area contributed by atoms with Gasteiger partial charge in [0.25, 0.3) is 5.91 Å². The van der Waals surface area contributed by atoms with E-state index in [1.165, 1.54) is 23.0 Å². The molecule has 1 amide bonds. The first-order valence-electron chi connectivity index (χ1n) is 10.7.